The molecule has 0 unspecified atom stereocenters. The number of nitrogens with zero attached hydrogens (tertiary/aromatic N) is 1. The number of aromatic nitrogens is 2. The van der Waals surface area contributed by atoms with Crippen LogP contribution in [0.15, 0.2) is 58.1 Å². The molecule has 0 aliphatic carbocycles. The molecule has 0 saturated heterocycles. The van der Waals surface area contributed by atoms with Crippen LogP contribution in [0, 0.1) is 0 Å². The predicted molar refractivity (Wildman–Crippen MR) is 77.1 cm³/mol. The number of carboxylic acid groups (broad SMARTS) is 1. The molecule has 0 amide bonds. The molecule has 0 aliphatic rings. The second kappa shape index (κ2) is 4.75. The van der Waals surface area contributed by atoms with Crippen LogP contribution in [0.5, 0.6) is 0 Å². The second-order valence-electron chi connectivity index (χ2n) is 4.45. The fraction of sp³-hybridized carbons (Fsp3) is 0. The second-order valence-corrected chi connectivity index (χ2v) is 4.45. The molecule has 0 aliphatic heterocycles. The van der Waals surface area contributed by atoms with Crippen molar-refractivity contribution in [1.82, 2.24) is 9.78 Å². The number of rotatable bonds is 2. The van der Waals surface area contributed by atoms with E-state index in [0.29, 0.717) is 0 Å². The average Bonchev–Trinajstić information content (AvgIpc) is 2.51. The third-order valence-corrected chi connectivity index (χ3v) is 3.19. The van der Waals surface area contributed by atoms with Gasteiger partial charge in [0.05, 0.1) is 22.0 Å². The molecule has 104 valence electrons. The predicted octanol–water partition coefficient (Wildman–Crippen LogP) is 1.38. The summed E-state index contributed by atoms with van der Waals surface area (Å²) in [6.07, 6.45) is 0. The first-order valence-electron chi connectivity index (χ1n) is 6.16. The van der Waals surface area contributed by atoms with Gasteiger partial charge in [-0.05, 0) is 24.3 Å². The van der Waals surface area contributed by atoms with Crippen molar-refractivity contribution in [3.05, 3.63) is 74.8 Å². The summed E-state index contributed by atoms with van der Waals surface area (Å²) in [5, 5.41) is 12.1. The Labute approximate surface area is 117 Å². The van der Waals surface area contributed by atoms with Crippen LogP contribution < -0.4 is 11.1 Å². The summed E-state index contributed by atoms with van der Waals surface area (Å²) < 4.78 is 0.966. The molecule has 0 atom stereocenters. The first-order valence-corrected chi connectivity index (χ1v) is 6.16. The maximum absolute atomic E-state index is 12.5. The van der Waals surface area contributed by atoms with Crippen LogP contribution in [0.4, 0.5) is 0 Å². The Balaban J connectivity index is 2.43. The van der Waals surface area contributed by atoms with Gasteiger partial charge in [-0.1, -0.05) is 24.3 Å². The molecule has 6 nitrogen and oxygen atoms in total. The van der Waals surface area contributed by atoms with E-state index in [2.05, 4.69) is 5.10 Å². The van der Waals surface area contributed by atoms with Crippen molar-refractivity contribution in [1.29, 1.82) is 0 Å². The summed E-state index contributed by atoms with van der Waals surface area (Å²) in [4.78, 5) is 35.7. The van der Waals surface area contributed by atoms with Crippen LogP contribution in [0.2, 0.25) is 0 Å². The van der Waals surface area contributed by atoms with Gasteiger partial charge in [-0.15, -0.1) is 0 Å². The monoisotopic (exact) mass is 282 g/mol. The number of hydrogen-bond donors (Lipinski definition) is 2. The van der Waals surface area contributed by atoms with E-state index in [9.17, 15) is 19.5 Å². The quantitative estimate of drug-likeness (QED) is 0.742. The molecule has 21 heavy (non-hydrogen) atoms. The highest BCUT2D eigenvalue weighted by Gasteiger charge is 2.14. The van der Waals surface area contributed by atoms with Gasteiger partial charge in [-0.2, -0.15) is 0 Å². The molecule has 3 aromatic rings. The number of fused-ring (bicyclic) bond motifs is 1. The summed E-state index contributed by atoms with van der Waals surface area (Å²) >= 11 is 0. The highest BCUT2D eigenvalue weighted by Crippen LogP contribution is 2.12. The number of benzene rings is 2. The highest BCUT2D eigenvalue weighted by atomic mass is 16.4. The lowest BCUT2D eigenvalue weighted by Gasteiger charge is -2.09. The zero-order chi connectivity index (χ0) is 15.0. The molecular formula is C15H10N2O4. The molecule has 0 fully saturated rings. The molecule has 1 aromatic heterocycles. The Kier molecular flexibility index (Phi) is 2.91. The fourth-order valence-electron chi connectivity index (χ4n) is 2.22. The zero-order valence-electron chi connectivity index (χ0n) is 10.7. The number of nitrogens with one attached hydrogen (secondary N) is 1. The number of hydrogen-bond acceptors (Lipinski definition) is 3. The molecule has 6 heteroatoms. The van der Waals surface area contributed by atoms with E-state index in [1.165, 1.54) is 18.2 Å². The third-order valence-electron chi connectivity index (χ3n) is 3.19. The summed E-state index contributed by atoms with van der Waals surface area (Å²) in [6, 6.07) is 12.4. The van der Waals surface area contributed by atoms with E-state index in [-0.39, 0.29) is 22.0 Å². The third kappa shape index (κ3) is 2.02. The highest BCUT2D eigenvalue weighted by molar-refractivity contribution is 5.92. The minimum absolute atomic E-state index is 0.0643. The molecule has 2 N–H and O–H groups in total. The lowest BCUT2D eigenvalue weighted by atomic mass is 10.1. The summed E-state index contributed by atoms with van der Waals surface area (Å²) in [7, 11) is 0. The van der Waals surface area contributed by atoms with Gasteiger partial charge in [0, 0.05) is 0 Å². The zero-order valence-corrected chi connectivity index (χ0v) is 10.7. The molecule has 0 spiro atoms. The Bertz CT molecular complexity index is 969. The van der Waals surface area contributed by atoms with E-state index < -0.39 is 17.1 Å². The van der Waals surface area contributed by atoms with E-state index in [4.69, 9.17) is 0 Å². The number of carbonyl (C=O) groups is 1. The largest absolute Gasteiger partial charge is 0.478 e. The van der Waals surface area contributed by atoms with Gasteiger partial charge in [0.1, 0.15) is 0 Å². The van der Waals surface area contributed by atoms with Crippen molar-refractivity contribution in [2.24, 2.45) is 0 Å². The Morgan fingerprint density at radius 3 is 2.29 bits per heavy atom. The number of aromatic amines is 1. The van der Waals surface area contributed by atoms with Crippen LogP contribution in [0.1, 0.15) is 10.4 Å². The van der Waals surface area contributed by atoms with Crippen LogP contribution in [-0.4, -0.2) is 20.9 Å². The van der Waals surface area contributed by atoms with E-state index in [1.807, 2.05) is 0 Å². The van der Waals surface area contributed by atoms with Gasteiger partial charge < -0.3 is 5.11 Å². The smallest absolute Gasteiger partial charge is 0.337 e. The van der Waals surface area contributed by atoms with E-state index in [0.717, 1.165) is 4.68 Å². The van der Waals surface area contributed by atoms with Crippen molar-refractivity contribution in [2.75, 3.05) is 0 Å². The van der Waals surface area contributed by atoms with Crippen LogP contribution >= 0.6 is 0 Å². The molecule has 2 aromatic carbocycles. The first-order chi connectivity index (χ1) is 10.1. The molecule has 0 bridgehead atoms. The minimum Gasteiger partial charge on any atom is -0.478 e. The number of para-hydroxylation sites is 1. The lowest BCUT2D eigenvalue weighted by Crippen LogP contribution is -2.29. The van der Waals surface area contributed by atoms with E-state index in [1.54, 1.807) is 30.3 Å². The van der Waals surface area contributed by atoms with Gasteiger partial charge in [0.25, 0.3) is 11.1 Å². The van der Waals surface area contributed by atoms with Crippen molar-refractivity contribution in [2.45, 2.75) is 0 Å². The van der Waals surface area contributed by atoms with Gasteiger partial charge in [-0.3, -0.25) is 14.7 Å². The van der Waals surface area contributed by atoms with Crippen LogP contribution in [0.25, 0.3) is 16.5 Å². The first kappa shape index (κ1) is 12.9. The topological polar surface area (TPSA) is 92.2 Å². The summed E-state index contributed by atoms with van der Waals surface area (Å²) in [6.45, 7) is 0. The molecule has 3 rings (SSSR count). The molecule has 0 radical (unpaired) electrons. The Morgan fingerprint density at radius 2 is 1.57 bits per heavy atom. The molecular weight excluding hydrogens is 272 g/mol. The van der Waals surface area contributed by atoms with Crippen LogP contribution in [0.3, 0.4) is 0 Å². The number of H-pyrrole nitrogens is 1. The van der Waals surface area contributed by atoms with Gasteiger partial charge in [0.2, 0.25) is 0 Å². The summed E-state index contributed by atoms with van der Waals surface area (Å²) in [5.74, 6) is -1.17. The fourth-order valence-corrected chi connectivity index (χ4v) is 2.22. The normalized spacial score (nSPS) is 10.7. The average molecular weight is 282 g/mol. The Hall–Kier alpha value is -3.15. The van der Waals surface area contributed by atoms with Crippen LogP contribution in [-0.2, 0) is 0 Å². The van der Waals surface area contributed by atoms with Crippen molar-refractivity contribution in [3.63, 3.8) is 0 Å². The maximum Gasteiger partial charge on any atom is 0.337 e. The van der Waals surface area contributed by atoms with Crippen molar-refractivity contribution in [3.8, 4) is 5.69 Å². The van der Waals surface area contributed by atoms with Crippen molar-refractivity contribution < 1.29 is 9.90 Å². The van der Waals surface area contributed by atoms with Crippen molar-refractivity contribution >= 4 is 16.7 Å². The summed E-state index contributed by atoms with van der Waals surface area (Å²) in [5.41, 5.74) is -0.868. The van der Waals surface area contributed by atoms with E-state index >= 15 is 0 Å². The lowest BCUT2D eigenvalue weighted by molar-refractivity contribution is 0.0696. The molecule has 0 saturated carbocycles. The number of carboxylic acids is 1. The van der Waals surface area contributed by atoms with Gasteiger partial charge in [0.15, 0.2) is 0 Å². The number of aromatic carboxylic acids is 1. The standard InChI is InChI=1S/C15H10N2O4/c18-13-9-5-1-2-6-10(9)14(19)17(16-13)12-8-4-3-7-11(12)15(20)21/h1-8H,(H,16,18)(H,20,21). The minimum atomic E-state index is -1.17. The van der Waals surface area contributed by atoms with Gasteiger partial charge >= 0.3 is 5.97 Å². The SMILES string of the molecule is O=C(O)c1ccccc1-n1[nH]c(=O)c2ccccc2c1=O. The van der Waals surface area contributed by atoms with Gasteiger partial charge in [-0.25, -0.2) is 9.48 Å². The molecule has 1 heterocycles. The maximum atomic E-state index is 12.5. The Morgan fingerprint density at radius 1 is 0.952 bits per heavy atom.